The predicted molar refractivity (Wildman–Crippen MR) is 101 cm³/mol. The summed E-state index contributed by atoms with van der Waals surface area (Å²) >= 11 is 0. The molecule has 0 spiro atoms. The molecule has 9 heteroatoms. The number of hydrogen-bond donors (Lipinski definition) is 2. The normalized spacial score (nSPS) is 23.6. The van der Waals surface area contributed by atoms with Gasteiger partial charge in [-0.25, -0.2) is 4.79 Å². The fourth-order valence-electron chi connectivity index (χ4n) is 4.23. The lowest BCUT2D eigenvalue weighted by Crippen LogP contribution is -2.50. The molecule has 1 atom stereocenters. The first kappa shape index (κ1) is 20.4. The van der Waals surface area contributed by atoms with Gasteiger partial charge in [0, 0.05) is 19.5 Å². The van der Waals surface area contributed by atoms with E-state index in [9.17, 15) is 27.6 Å². The summed E-state index contributed by atoms with van der Waals surface area (Å²) in [6, 6.07) is 2.99. The highest BCUT2D eigenvalue weighted by Crippen LogP contribution is 2.43. The molecule has 2 fully saturated rings. The van der Waals surface area contributed by atoms with E-state index in [1.165, 1.54) is 6.07 Å². The second kappa shape index (κ2) is 7.14. The molecular weight excluding hydrogens is 399 g/mol. The van der Waals surface area contributed by atoms with Crippen LogP contribution in [0, 0.1) is 5.92 Å². The number of carbonyl (C=O) groups is 3. The van der Waals surface area contributed by atoms with Crippen LogP contribution in [0.4, 0.5) is 18.0 Å². The van der Waals surface area contributed by atoms with Crippen molar-refractivity contribution in [3.8, 4) is 0 Å². The van der Waals surface area contributed by atoms with Gasteiger partial charge in [0.15, 0.2) is 0 Å². The van der Waals surface area contributed by atoms with Crippen LogP contribution < -0.4 is 10.6 Å². The van der Waals surface area contributed by atoms with Gasteiger partial charge in [-0.15, -0.1) is 0 Å². The third kappa shape index (κ3) is 3.68. The standard InChI is InChI=1S/C21H22F3N3O3/c1-12(13-2-3-13)20(18(29)25-19(30)26-20)8-6-17(28)27-9-7-14-10-16(21(22,23)24)5-4-15(14)11-27/h4-5,10,13H,1-3,6-9,11H2,(H2,25,26,29,30)/t20-/m0/s1. The Kier molecular flexibility index (Phi) is 4.86. The van der Waals surface area contributed by atoms with E-state index in [0.717, 1.165) is 25.0 Å². The quantitative estimate of drug-likeness (QED) is 0.567. The molecule has 2 N–H and O–H groups in total. The molecular formula is C21H22F3N3O3. The minimum absolute atomic E-state index is 0.0232. The van der Waals surface area contributed by atoms with Gasteiger partial charge < -0.3 is 10.2 Å². The van der Waals surface area contributed by atoms with Gasteiger partial charge >= 0.3 is 12.2 Å². The number of nitrogens with zero attached hydrogens (tertiary/aromatic N) is 1. The van der Waals surface area contributed by atoms with Gasteiger partial charge in [0.25, 0.3) is 5.91 Å². The molecule has 1 saturated carbocycles. The van der Waals surface area contributed by atoms with Crippen molar-refractivity contribution < 1.29 is 27.6 Å². The number of nitrogens with one attached hydrogen (secondary N) is 2. The van der Waals surface area contributed by atoms with Crippen LogP contribution in [0.15, 0.2) is 30.4 Å². The molecule has 4 amide bonds. The number of urea groups is 1. The lowest BCUT2D eigenvalue weighted by atomic mass is 9.83. The second-order valence-electron chi connectivity index (χ2n) is 8.16. The van der Waals surface area contributed by atoms with Crippen LogP contribution in [0.1, 0.15) is 42.4 Å². The summed E-state index contributed by atoms with van der Waals surface area (Å²) in [7, 11) is 0. The molecule has 1 saturated heterocycles. The molecule has 3 aliphatic rings. The first-order valence-corrected chi connectivity index (χ1v) is 9.90. The smallest absolute Gasteiger partial charge is 0.338 e. The first-order chi connectivity index (χ1) is 14.1. The Bertz CT molecular complexity index is 939. The number of imide groups is 1. The molecule has 6 nitrogen and oxygen atoms in total. The summed E-state index contributed by atoms with van der Waals surface area (Å²) in [5, 5.41) is 4.89. The molecule has 160 valence electrons. The van der Waals surface area contributed by atoms with Crippen molar-refractivity contribution in [1.29, 1.82) is 0 Å². The zero-order chi connectivity index (χ0) is 21.7. The molecule has 1 aliphatic carbocycles. The number of hydrogen-bond acceptors (Lipinski definition) is 3. The number of benzene rings is 1. The van der Waals surface area contributed by atoms with Crippen LogP contribution in [0.5, 0.6) is 0 Å². The number of carbonyl (C=O) groups excluding carboxylic acids is 3. The van der Waals surface area contributed by atoms with E-state index in [4.69, 9.17) is 0 Å². The van der Waals surface area contributed by atoms with Crippen LogP contribution >= 0.6 is 0 Å². The van der Waals surface area contributed by atoms with E-state index >= 15 is 0 Å². The molecule has 0 unspecified atom stereocenters. The molecule has 1 aromatic rings. The van der Waals surface area contributed by atoms with E-state index in [1.807, 2.05) is 0 Å². The molecule has 0 bridgehead atoms. The number of alkyl halides is 3. The Labute approximate surface area is 171 Å². The van der Waals surface area contributed by atoms with Crippen molar-refractivity contribution in [2.24, 2.45) is 5.92 Å². The zero-order valence-corrected chi connectivity index (χ0v) is 16.3. The maximum absolute atomic E-state index is 12.9. The van der Waals surface area contributed by atoms with Crippen molar-refractivity contribution in [2.75, 3.05) is 6.54 Å². The van der Waals surface area contributed by atoms with Crippen LogP contribution in [-0.2, 0) is 28.7 Å². The number of amides is 4. The summed E-state index contributed by atoms with van der Waals surface area (Å²) in [6.07, 6.45) is -2.12. The number of rotatable bonds is 5. The Morgan fingerprint density at radius 3 is 2.57 bits per heavy atom. The number of halogens is 3. The first-order valence-electron chi connectivity index (χ1n) is 9.90. The van der Waals surface area contributed by atoms with Gasteiger partial charge in [0.1, 0.15) is 5.54 Å². The van der Waals surface area contributed by atoms with Crippen LogP contribution in [0.2, 0.25) is 0 Å². The Hall–Kier alpha value is -2.84. The van der Waals surface area contributed by atoms with E-state index in [2.05, 4.69) is 17.2 Å². The minimum atomic E-state index is -4.40. The summed E-state index contributed by atoms with van der Waals surface area (Å²) in [5.74, 6) is -0.535. The van der Waals surface area contributed by atoms with Crippen molar-refractivity contribution in [3.05, 3.63) is 47.0 Å². The summed E-state index contributed by atoms with van der Waals surface area (Å²) in [4.78, 5) is 38.6. The van der Waals surface area contributed by atoms with Gasteiger partial charge in [-0.1, -0.05) is 12.6 Å². The summed E-state index contributed by atoms with van der Waals surface area (Å²) in [6.45, 7) is 4.54. The van der Waals surface area contributed by atoms with Crippen LogP contribution in [-0.4, -0.2) is 34.8 Å². The summed E-state index contributed by atoms with van der Waals surface area (Å²) < 4.78 is 38.7. The van der Waals surface area contributed by atoms with Crippen molar-refractivity contribution in [3.63, 3.8) is 0 Å². The molecule has 2 aliphatic heterocycles. The van der Waals surface area contributed by atoms with Gasteiger partial charge in [0.05, 0.1) is 5.56 Å². The largest absolute Gasteiger partial charge is 0.416 e. The highest BCUT2D eigenvalue weighted by Gasteiger charge is 2.51. The highest BCUT2D eigenvalue weighted by molar-refractivity contribution is 6.09. The van der Waals surface area contributed by atoms with Gasteiger partial charge in [-0.2, -0.15) is 13.2 Å². The van der Waals surface area contributed by atoms with E-state index < -0.39 is 29.2 Å². The van der Waals surface area contributed by atoms with Gasteiger partial charge in [0.2, 0.25) is 5.91 Å². The third-order valence-corrected chi connectivity index (χ3v) is 6.17. The average molecular weight is 421 g/mol. The molecule has 4 rings (SSSR count). The lowest BCUT2D eigenvalue weighted by molar-refractivity contribution is -0.138. The fourth-order valence-corrected chi connectivity index (χ4v) is 4.23. The van der Waals surface area contributed by atoms with E-state index in [1.54, 1.807) is 4.90 Å². The van der Waals surface area contributed by atoms with Crippen molar-refractivity contribution >= 4 is 17.8 Å². The Balaban J connectivity index is 1.44. The molecule has 0 radical (unpaired) electrons. The number of fused-ring (bicyclic) bond motifs is 1. The molecule has 1 aromatic carbocycles. The van der Waals surface area contributed by atoms with Gasteiger partial charge in [-0.3, -0.25) is 14.9 Å². The maximum atomic E-state index is 12.9. The van der Waals surface area contributed by atoms with Gasteiger partial charge in [-0.05, 0) is 60.4 Å². The van der Waals surface area contributed by atoms with Crippen LogP contribution in [0.25, 0.3) is 0 Å². The van der Waals surface area contributed by atoms with E-state index in [-0.39, 0.29) is 31.2 Å². The predicted octanol–water partition coefficient (Wildman–Crippen LogP) is 2.91. The second-order valence-corrected chi connectivity index (χ2v) is 8.16. The SMILES string of the molecule is C=C(C1CC1)[C@]1(CCC(=O)N2CCc3cc(C(F)(F)F)ccc3C2)NC(=O)NC1=O. The molecule has 2 heterocycles. The third-order valence-electron chi connectivity index (χ3n) is 6.17. The van der Waals surface area contributed by atoms with Crippen molar-refractivity contribution in [2.45, 2.75) is 50.4 Å². The average Bonchev–Trinajstić information content (AvgIpc) is 3.49. The van der Waals surface area contributed by atoms with E-state index in [0.29, 0.717) is 29.7 Å². The topological polar surface area (TPSA) is 78.5 Å². The molecule has 0 aromatic heterocycles. The molecule has 30 heavy (non-hydrogen) atoms. The Morgan fingerprint density at radius 2 is 1.97 bits per heavy atom. The Morgan fingerprint density at radius 1 is 1.23 bits per heavy atom. The lowest BCUT2D eigenvalue weighted by Gasteiger charge is -2.32. The monoisotopic (exact) mass is 421 g/mol. The summed E-state index contributed by atoms with van der Waals surface area (Å²) in [5.41, 5.74) is -0.0585. The van der Waals surface area contributed by atoms with Crippen molar-refractivity contribution in [1.82, 2.24) is 15.5 Å². The van der Waals surface area contributed by atoms with Crippen LogP contribution in [0.3, 0.4) is 0 Å². The fraction of sp³-hybridized carbons (Fsp3) is 0.476. The highest BCUT2D eigenvalue weighted by atomic mass is 19.4. The minimum Gasteiger partial charge on any atom is -0.338 e. The zero-order valence-electron chi connectivity index (χ0n) is 16.3. The maximum Gasteiger partial charge on any atom is 0.416 e.